The Morgan fingerprint density at radius 3 is 2.95 bits per heavy atom. The highest BCUT2D eigenvalue weighted by atomic mass is 32.1. The normalized spacial score (nSPS) is 12.0. The van der Waals surface area contributed by atoms with Crippen LogP contribution in [0.1, 0.15) is 36.7 Å². The highest BCUT2D eigenvalue weighted by Crippen LogP contribution is 2.23. The fourth-order valence-electron chi connectivity index (χ4n) is 1.79. The molecule has 0 spiro atoms. The van der Waals surface area contributed by atoms with Crippen molar-refractivity contribution in [3.05, 3.63) is 29.5 Å². The summed E-state index contributed by atoms with van der Waals surface area (Å²) in [7, 11) is 0. The van der Waals surface area contributed by atoms with Crippen LogP contribution in [0.3, 0.4) is 0 Å². The van der Waals surface area contributed by atoms with Gasteiger partial charge in [0.05, 0.1) is 6.26 Å². The molecule has 2 aromatic heterocycles. The van der Waals surface area contributed by atoms with E-state index in [0.29, 0.717) is 17.2 Å². The van der Waals surface area contributed by atoms with Crippen LogP contribution >= 0.6 is 11.3 Å². The molecule has 6 nitrogen and oxygen atoms in total. The van der Waals surface area contributed by atoms with E-state index in [1.165, 1.54) is 17.6 Å². The molecule has 2 aromatic rings. The summed E-state index contributed by atoms with van der Waals surface area (Å²) in [6.45, 7) is 1.97. The Hall–Kier alpha value is -2.15. The molecule has 0 aliphatic heterocycles. The van der Waals surface area contributed by atoms with E-state index < -0.39 is 17.9 Å². The van der Waals surface area contributed by atoms with Crippen molar-refractivity contribution >= 4 is 23.2 Å². The molecule has 21 heavy (non-hydrogen) atoms. The number of hydrogen-bond donors (Lipinski definition) is 2. The zero-order valence-electron chi connectivity index (χ0n) is 11.5. The van der Waals surface area contributed by atoms with Gasteiger partial charge in [0.25, 0.3) is 5.91 Å². The average Bonchev–Trinajstić information content (AvgIpc) is 3.12. The van der Waals surface area contributed by atoms with E-state index in [1.54, 1.807) is 17.5 Å². The summed E-state index contributed by atoms with van der Waals surface area (Å²) in [4.78, 5) is 27.3. The lowest BCUT2D eigenvalue weighted by Crippen LogP contribution is -2.40. The zero-order chi connectivity index (χ0) is 15.2. The number of carboxylic acids is 1. The summed E-state index contributed by atoms with van der Waals surface area (Å²) in [5.41, 5.74) is 0.203. The molecule has 2 heterocycles. The molecule has 112 valence electrons. The van der Waals surface area contributed by atoms with Crippen molar-refractivity contribution in [1.82, 2.24) is 10.3 Å². The zero-order valence-corrected chi connectivity index (χ0v) is 12.4. The second-order valence-electron chi connectivity index (χ2n) is 4.52. The smallest absolute Gasteiger partial charge is 0.326 e. The van der Waals surface area contributed by atoms with E-state index in [0.717, 1.165) is 12.8 Å². The van der Waals surface area contributed by atoms with Crippen LogP contribution < -0.4 is 5.32 Å². The molecule has 0 aromatic carbocycles. The van der Waals surface area contributed by atoms with Crippen LogP contribution in [-0.2, 0) is 4.79 Å². The van der Waals surface area contributed by atoms with Gasteiger partial charge in [0.1, 0.15) is 11.7 Å². The Morgan fingerprint density at radius 1 is 1.52 bits per heavy atom. The van der Waals surface area contributed by atoms with Crippen LogP contribution in [0.2, 0.25) is 0 Å². The number of carboxylic acid groups (broad SMARTS) is 1. The number of aliphatic carboxylic acids is 1. The van der Waals surface area contributed by atoms with Gasteiger partial charge in [-0.05, 0) is 18.6 Å². The molecule has 0 aliphatic rings. The molecule has 1 atom stereocenters. The van der Waals surface area contributed by atoms with Gasteiger partial charge >= 0.3 is 5.97 Å². The Kier molecular flexibility index (Phi) is 5.10. The number of hydrogen-bond acceptors (Lipinski definition) is 5. The van der Waals surface area contributed by atoms with Gasteiger partial charge < -0.3 is 14.8 Å². The SMILES string of the molecule is CCCC[C@H](NC(=O)c1csc(-c2ccco2)n1)C(=O)O. The molecular weight excluding hydrogens is 292 g/mol. The summed E-state index contributed by atoms with van der Waals surface area (Å²) in [5, 5.41) is 13.8. The van der Waals surface area contributed by atoms with Crippen molar-refractivity contribution < 1.29 is 19.1 Å². The van der Waals surface area contributed by atoms with Crippen LogP contribution in [0.25, 0.3) is 10.8 Å². The predicted molar refractivity (Wildman–Crippen MR) is 78.2 cm³/mol. The predicted octanol–water partition coefficient (Wildman–Crippen LogP) is 2.78. The quantitative estimate of drug-likeness (QED) is 0.820. The van der Waals surface area contributed by atoms with E-state index in [-0.39, 0.29) is 5.69 Å². The number of furan rings is 1. The number of aromatic nitrogens is 1. The first-order valence-electron chi connectivity index (χ1n) is 6.65. The van der Waals surface area contributed by atoms with E-state index in [2.05, 4.69) is 10.3 Å². The topological polar surface area (TPSA) is 92.4 Å². The van der Waals surface area contributed by atoms with Crippen LogP contribution in [0.15, 0.2) is 28.2 Å². The van der Waals surface area contributed by atoms with E-state index in [4.69, 9.17) is 9.52 Å². The summed E-state index contributed by atoms with van der Waals surface area (Å²) in [6.07, 6.45) is 3.55. The minimum atomic E-state index is -1.03. The van der Waals surface area contributed by atoms with Crippen molar-refractivity contribution in [3.8, 4) is 10.8 Å². The third kappa shape index (κ3) is 3.91. The summed E-state index contributed by atoms with van der Waals surface area (Å²) >= 11 is 1.28. The van der Waals surface area contributed by atoms with E-state index in [9.17, 15) is 9.59 Å². The molecule has 7 heteroatoms. The van der Waals surface area contributed by atoms with Gasteiger partial charge in [-0.3, -0.25) is 4.79 Å². The van der Waals surface area contributed by atoms with Crippen molar-refractivity contribution in [2.24, 2.45) is 0 Å². The first-order valence-corrected chi connectivity index (χ1v) is 7.53. The van der Waals surface area contributed by atoms with Gasteiger partial charge in [-0.15, -0.1) is 11.3 Å². The van der Waals surface area contributed by atoms with E-state index in [1.807, 2.05) is 6.92 Å². The first kappa shape index (κ1) is 15.2. The maximum absolute atomic E-state index is 12.0. The number of thiazole rings is 1. The van der Waals surface area contributed by atoms with Crippen LogP contribution in [0.4, 0.5) is 0 Å². The molecule has 0 fully saturated rings. The summed E-state index contributed by atoms with van der Waals surface area (Å²) in [6, 6.07) is 2.61. The van der Waals surface area contributed by atoms with Crippen molar-refractivity contribution in [3.63, 3.8) is 0 Å². The minimum Gasteiger partial charge on any atom is -0.480 e. The van der Waals surface area contributed by atoms with Gasteiger partial charge in [0.15, 0.2) is 10.8 Å². The minimum absolute atomic E-state index is 0.203. The van der Waals surface area contributed by atoms with Crippen molar-refractivity contribution in [2.75, 3.05) is 0 Å². The second-order valence-corrected chi connectivity index (χ2v) is 5.38. The average molecular weight is 308 g/mol. The number of nitrogens with zero attached hydrogens (tertiary/aromatic N) is 1. The third-order valence-corrected chi connectivity index (χ3v) is 3.78. The summed E-state index contributed by atoms with van der Waals surface area (Å²) < 4.78 is 5.21. The van der Waals surface area contributed by atoms with Gasteiger partial charge in [-0.2, -0.15) is 0 Å². The molecule has 2 rings (SSSR count). The molecule has 0 bridgehead atoms. The maximum atomic E-state index is 12.0. The standard InChI is InChI=1S/C14H16N2O4S/c1-2-3-5-9(14(18)19)15-12(17)10-8-21-13(16-10)11-6-4-7-20-11/h4,6-9H,2-3,5H2,1H3,(H,15,17)(H,18,19)/t9-/m0/s1. The van der Waals surface area contributed by atoms with Crippen LogP contribution in [0, 0.1) is 0 Å². The highest BCUT2D eigenvalue weighted by molar-refractivity contribution is 7.13. The number of carbonyl (C=O) groups excluding carboxylic acids is 1. The molecule has 0 saturated carbocycles. The lowest BCUT2D eigenvalue weighted by atomic mass is 10.1. The second kappa shape index (κ2) is 7.03. The maximum Gasteiger partial charge on any atom is 0.326 e. The van der Waals surface area contributed by atoms with Crippen molar-refractivity contribution in [2.45, 2.75) is 32.2 Å². The number of rotatable bonds is 7. The summed E-state index contributed by atoms with van der Waals surface area (Å²) in [5.74, 6) is -0.925. The van der Waals surface area contributed by atoms with Gasteiger partial charge in [0.2, 0.25) is 0 Å². The van der Waals surface area contributed by atoms with Crippen LogP contribution in [0.5, 0.6) is 0 Å². The fourth-order valence-corrected chi connectivity index (χ4v) is 2.56. The van der Waals surface area contributed by atoms with E-state index >= 15 is 0 Å². The third-order valence-electron chi connectivity index (χ3n) is 2.92. The largest absolute Gasteiger partial charge is 0.480 e. The lowest BCUT2D eigenvalue weighted by molar-refractivity contribution is -0.139. The Labute approximate surface area is 125 Å². The van der Waals surface area contributed by atoms with Crippen LogP contribution in [-0.4, -0.2) is 28.0 Å². The molecule has 2 N–H and O–H groups in total. The van der Waals surface area contributed by atoms with Crippen molar-refractivity contribution in [1.29, 1.82) is 0 Å². The highest BCUT2D eigenvalue weighted by Gasteiger charge is 2.21. The Morgan fingerprint density at radius 2 is 2.33 bits per heavy atom. The Bertz CT molecular complexity index is 606. The number of nitrogens with one attached hydrogen (secondary N) is 1. The first-order chi connectivity index (χ1) is 10.1. The monoisotopic (exact) mass is 308 g/mol. The number of amides is 1. The van der Waals surface area contributed by atoms with Gasteiger partial charge in [0, 0.05) is 5.38 Å². The Balaban J connectivity index is 2.04. The number of carbonyl (C=O) groups is 2. The molecule has 0 unspecified atom stereocenters. The number of unbranched alkanes of at least 4 members (excludes halogenated alkanes) is 1. The molecule has 0 aliphatic carbocycles. The van der Waals surface area contributed by atoms with Gasteiger partial charge in [-0.1, -0.05) is 19.8 Å². The molecule has 0 saturated heterocycles. The molecular formula is C14H16N2O4S. The molecule has 0 radical (unpaired) electrons. The fraction of sp³-hybridized carbons (Fsp3) is 0.357. The van der Waals surface area contributed by atoms with Gasteiger partial charge in [-0.25, -0.2) is 9.78 Å². The lowest BCUT2D eigenvalue weighted by Gasteiger charge is -2.12. The molecule has 1 amide bonds.